The monoisotopic (exact) mass is 560 g/mol. The van der Waals surface area contributed by atoms with Crippen LogP contribution in [0.25, 0.3) is 0 Å². The highest BCUT2D eigenvalue weighted by molar-refractivity contribution is 6.14. The predicted molar refractivity (Wildman–Crippen MR) is 142 cm³/mol. The van der Waals surface area contributed by atoms with Crippen LogP contribution in [0.4, 0.5) is 0 Å². The van der Waals surface area contributed by atoms with E-state index in [-0.39, 0.29) is 12.0 Å². The number of hydrogen-bond donors (Lipinski definition) is 5. The lowest BCUT2D eigenvalue weighted by Gasteiger charge is -2.39. The van der Waals surface area contributed by atoms with Gasteiger partial charge in [0, 0.05) is 29.3 Å². The van der Waals surface area contributed by atoms with E-state index in [9.17, 15) is 25.2 Å². The van der Waals surface area contributed by atoms with Gasteiger partial charge in [-0.25, -0.2) is 9.78 Å². The first-order chi connectivity index (χ1) is 19.2. The summed E-state index contributed by atoms with van der Waals surface area (Å²) in [6.45, 7) is 1.46. The topological polar surface area (TPSA) is 180 Å². The Bertz CT molecular complexity index is 1200. The lowest BCUT2D eigenvalue weighted by molar-refractivity contribution is -0.176. The second kappa shape index (κ2) is 12.9. The van der Waals surface area contributed by atoms with Gasteiger partial charge in [0.25, 0.3) is 0 Å². The maximum atomic E-state index is 12.6. The number of esters is 1. The van der Waals surface area contributed by atoms with E-state index >= 15 is 0 Å². The van der Waals surface area contributed by atoms with Gasteiger partial charge in [-0.1, -0.05) is 0 Å². The Kier molecular flexibility index (Phi) is 9.59. The second-order valence-corrected chi connectivity index (χ2v) is 9.81. The highest BCUT2D eigenvalue weighted by Gasteiger charge is 2.41. The van der Waals surface area contributed by atoms with Gasteiger partial charge in [0.15, 0.2) is 17.6 Å². The van der Waals surface area contributed by atoms with Crippen LogP contribution in [0.2, 0.25) is 0 Å². The van der Waals surface area contributed by atoms with Crippen molar-refractivity contribution in [1.82, 2.24) is 4.98 Å². The van der Waals surface area contributed by atoms with Crippen molar-refractivity contribution in [3.8, 4) is 17.4 Å². The smallest absolute Gasteiger partial charge is 0.338 e. The molecule has 5 N–H and O–H groups in total. The summed E-state index contributed by atoms with van der Waals surface area (Å²) in [5.74, 6) is 0.328. The van der Waals surface area contributed by atoms with Gasteiger partial charge >= 0.3 is 5.97 Å². The summed E-state index contributed by atoms with van der Waals surface area (Å²) in [6.07, 6.45) is -5.26. The number of pyridine rings is 1. The third kappa shape index (κ3) is 6.06. The molecule has 0 bridgehead atoms. The van der Waals surface area contributed by atoms with Crippen LogP contribution < -0.4 is 14.2 Å². The van der Waals surface area contributed by atoms with Crippen LogP contribution >= 0.6 is 0 Å². The predicted octanol–water partition coefficient (Wildman–Crippen LogP) is 0.332. The van der Waals surface area contributed by atoms with Crippen molar-refractivity contribution in [3.05, 3.63) is 47.2 Å². The van der Waals surface area contributed by atoms with Crippen LogP contribution in [0.3, 0.4) is 0 Å². The quantitative estimate of drug-likeness (QED) is 0.239. The summed E-state index contributed by atoms with van der Waals surface area (Å²) in [7, 11) is 3.11. The summed E-state index contributed by atoms with van der Waals surface area (Å²) in [4.78, 5) is 22.0. The molecule has 1 aromatic heterocycles. The van der Waals surface area contributed by atoms with E-state index < -0.39 is 43.1 Å². The van der Waals surface area contributed by atoms with E-state index in [1.54, 1.807) is 26.5 Å². The minimum Gasteiger partial charge on any atom is -0.493 e. The Morgan fingerprint density at radius 3 is 2.45 bits per heavy atom. The first-order valence-corrected chi connectivity index (χ1v) is 13.2. The number of carbonyl (C=O) groups is 1. The minimum absolute atomic E-state index is 0.125. The maximum absolute atomic E-state index is 12.6. The SMILES string of the molecule is CCOc1cc2c(cc1OC)C(c1ccc(OC)nc1)=N[C@@H]1CC[C@@H](OC(=O)[C@H](O)[C@@H](O)[C@H](O)[C@H](O)CO)C[C@H]21. The molecule has 4 rings (SSSR count). The van der Waals surface area contributed by atoms with Crippen molar-refractivity contribution >= 4 is 11.7 Å². The van der Waals surface area contributed by atoms with Crippen molar-refractivity contribution in [2.45, 2.75) is 68.7 Å². The van der Waals surface area contributed by atoms with Gasteiger partial charge in [0.05, 0.1) is 39.2 Å². The van der Waals surface area contributed by atoms with Gasteiger partial charge in [0.1, 0.15) is 24.4 Å². The lowest BCUT2D eigenvalue weighted by Crippen LogP contribution is -2.50. The molecule has 1 fully saturated rings. The number of aliphatic hydroxyl groups excluding tert-OH is 5. The number of methoxy groups -OCH3 is 2. The molecular weight excluding hydrogens is 524 g/mol. The third-order valence-electron chi connectivity index (χ3n) is 7.35. The average molecular weight is 561 g/mol. The van der Waals surface area contributed by atoms with Crippen molar-refractivity contribution < 1.29 is 49.3 Å². The van der Waals surface area contributed by atoms with Crippen molar-refractivity contribution in [1.29, 1.82) is 0 Å². The molecule has 12 heteroatoms. The van der Waals surface area contributed by atoms with Crippen LogP contribution in [0.5, 0.6) is 17.4 Å². The number of hydrogen-bond acceptors (Lipinski definition) is 12. The Balaban J connectivity index is 1.62. The summed E-state index contributed by atoms with van der Waals surface area (Å²) >= 11 is 0. The van der Waals surface area contributed by atoms with Crippen molar-refractivity contribution in [3.63, 3.8) is 0 Å². The molecule has 2 heterocycles. The van der Waals surface area contributed by atoms with Crippen LogP contribution in [-0.4, -0.2) is 106 Å². The fourth-order valence-electron chi connectivity index (χ4n) is 5.23. The zero-order valence-corrected chi connectivity index (χ0v) is 22.6. The molecule has 1 aliphatic heterocycles. The van der Waals surface area contributed by atoms with Gasteiger partial charge in [-0.3, -0.25) is 4.99 Å². The highest BCUT2D eigenvalue weighted by atomic mass is 16.6. The molecule has 1 saturated carbocycles. The number of nitrogens with zero attached hydrogens (tertiary/aromatic N) is 2. The third-order valence-corrected chi connectivity index (χ3v) is 7.35. The Hall–Kier alpha value is -3.29. The number of aliphatic imine (C=N–C) groups is 1. The molecule has 0 saturated heterocycles. The lowest BCUT2D eigenvalue weighted by atomic mass is 9.74. The zero-order chi connectivity index (χ0) is 29.0. The summed E-state index contributed by atoms with van der Waals surface area (Å²) < 4.78 is 22.2. The van der Waals surface area contributed by atoms with Crippen molar-refractivity contribution in [2.75, 3.05) is 27.4 Å². The molecule has 40 heavy (non-hydrogen) atoms. The molecule has 12 nitrogen and oxygen atoms in total. The second-order valence-electron chi connectivity index (χ2n) is 9.81. The van der Waals surface area contributed by atoms with Gasteiger partial charge < -0.3 is 44.5 Å². The summed E-state index contributed by atoms with van der Waals surface area (Å²) in [5, 5.41) is 48.7. The molecule has 7 atom stereocenters. The highest BCUT2D eigenvalue weighted by Crippen LogP contribution is 2.45. The van der Waals surface area contributed by atoms with Crippen LogP contribution in [0, 0.1) is 0 Å². The molecular formula is C28H36N2O10. The van der Waals surface area contributed by atoms with Crippen molar-refractivity contribution in [2.24, 2.45) is 4.99 Å². The number of aromatic nitrogens is 1. The van der Waals surface area contributed by atoms with E-state index in [0.29, 0.717) is 43.2 Å². The molecule has 0 radical (unpaired) electrons. The Morgan fingerprint density at radius 2 is 1.82 bits per heavy atom. The summed E-state index contributed by atoms with van der Waals surface area (Å²) in [5.41, 5.74) is 3.33. The molecule has 1 aliphatic carbocycles. The largest absolute Gasteiger partial charge is 0.493 e. The van der Waals surface area contributed by atoms with Crippen LogP contribution in [0.15, 0.2) is 35.5 Å². The molecule has 0 amide bonds. The number of rotatable bonds is 11. The van der Waals surface area contributed by atoms with Gasteiger partial charge in [0.2, 0.25) is 5.88 Å². The molecule has 0 spiro atoms. The maximum Gasteiger partial charge on any atom is 0.338 e. The minimum atomic E-state index is -2.10. The number of benzene rings is 1. The Labute approximate surface area is 231 Å². The van der Waals surface area contributed by atoms with E-state index in [1.807, 2.05) is 25.1 Å². The molecule has 1 aromatic carbocycles. The van der Waals surface area contributed by atoms with Crippen LogP contribution in [-0.2, 0) is 9.53 Å². The first kappa shape index (κ1) is 29.7. The van der Waals surface area contributed by atoms with Crippen LogP contribution in [0.1, 0.15) is 48.8 Å². The zero-order valence-electron chi connectivity index (χ0n) is 22.6. The number of aliphatic hydroxyl groups is 5. The van der Waals surface area contributed by atoms with E-state index in [2.05, 4.69) is 4.98 Å². The summed E-state index contributed by atoms with van der Waals surface area (Å²) in [6, 6.07) is 7.33. The number of fused-ring (bicyclic) bond motifs is 3. The standard InChI is InChI=1S/C28H36N2O10/c1-4-39-22-10-16-17-9-15(40-28(36)27(35)26(34)25(33)20(32)13-31)6-7-19(17)30-24(18(16)11-21(22)37-2)14-5-8-23(38-3)29-12-14/h5,8,10-12,15,17,19-20,25-27,31-35H,4,6-7,9,13H2,1-3H3/t15-,17-,19-,20-,25-,26+,27-/m1/s1. The first-order valence-electron chi connectivity index (χ1n) is 13.2. The molecule has 2 aromatic rings. The molecule has 218 valence electrons. The molecule has 0 unspecified atom stereocenters. The van der Waals surface area contributed by atoms with Gasteiger partial charge in [-0.15, -0.1) is 0 Å². The average Bonchev–Trinajstić information content (AvgIpc) is 2.99. The van der Waals surface area contributed by atoms with Gasteiger partial charge in [-0.2, -0.15) is 0 Å². The number of carbonyl (C=O) groups excluding carboxylic acids is 1. The normalized spacial score (nSPS) is 23.0. The fraction of sp³-hybridized carbons (Fsp3) is 0.536. The fourth-order valence-corrected chi connectivity index (χ4v) is 5.23. The Morgan fingerprint density at radius 1 is 1.05 bits per heavy atom. The van der Waals surface area contributed by atoms with E-state index in [0.717, 1.165) is 22.4 Å². The van der Waals surface area contributed by atoms with E-state index in [4.69, 9.17) is 29.0 Å². The van der Waals surface area contributed by atoms with E-state index in [1.165, 1.54) is 0 Å². The van der Waals surface area contributed by atoms with Gasteiger partial charge in [-0.05, 0) is 49.9 Å². The molecule has 2 aliphatic rings. The number of ether oxygens (including phenoxy) is 4.